The van der Waals surface area contributed by atoms with Gasteiger partial charge in [0.15, 0.2) is 0 Å². The van der Waals surface area contributed by atoms with Crippen LogP contribution in [0.3, 0.4) is 0 Å². The van der Waals surface area contributed by atoms with Gasteiger partial charge in [-0.3, -0.25) is 14.5 Å². The number of nitrogens with zero attached hydrogens (tertiary/aromatic N) is 1. The molecule has 4 rings (SSSR count). The number of amides is 1. The summed E-state index contributed by atoms with van der Waals surface area (Å²) in [4.78, 5) is 27.7. The molecule has 3 aromatic rings. The van der Waals surface area contributed by atoms with Gasteiger partial charge in [-0.15, -0.1) is 0 Å². The molecule has 1 unspecified atom stereocenters. The number of carbonyl (C=O) groups excluding carboxylic acids is 2. The zero-order chi connectivity index (χ0) is 23.5. The fraction of sp³-hybridized carbons (Fsp3) is 0.185. The lowest BCUT2D eigenvalue weighted by Crippen LogP contribution is -2.29. The first kappa shape index (κ1) is 22.6. The number of aliphatic hydroxyl groups excluding tert-OH is 1. The van der Waals surface area contributed by atoms with Crippen LogP contribution < -0.4 is 9.64 Å². The van der Waals surface area contributed by atoms with Crippen molar-refractivity contribution in [2.24, 2.45) is 5.92 Å². The number of hydrogen-bond acceptors (Lipinski definition) is 4. The Bertz CT molecular complexity index is 1200. The van der Waals surface area contributed by atoms with Gasteiger partial charge < -0.3 is 9.84 Å². The Kier molecular flexibility index (Phi) is 6.52. The van der Waals surface area contributed by atoms with Crippen LogP contribution >= 0.6 is 11.6 Å². The molecule has 168 valence electrons. The van der Waals surface area contributed by atoms with E-state index in [4.69, 9.17) is 16.3 Å². The molecule has 1 saturated heterocycles. The minimum absolute atomic E-state index is 0.0205. The van der Waals surface area contributed by atoms with Gasteiger partial charge in [0.05, 0.1) is 18.2 Å². The highest BCUT2D eigenvalue weighted by Crippen LogP contribution is 2.42. The number of hydrogen-bond donors (Lipinski definition) is 1. The zero-order valence-electron chi connectivity index (χ0n) is 18.4. The molecule has 0 radical (unpaired) electrons. The summed E-state index contributed by atoms with van der Waals surface area (Å²) in [6, 6.07) is 21.9. The monoisotopic (exact) mass is 461 g/mol. The first-order valence-electron chi connectivity index (χ1n) is 10.7. The molecule has 0 spiro atoms. The van der Waals surface area contributed by atoms with Crippen molar-refractivity contribution in [1.82, 2.24) is 0 Å². The van der Waals surface area contributed by atoms with Gasteiger partial charge in [-0.2, -0.15) is 0 Å². The van der Waals surface area contributed by atoms with Crippen molar-refractivity contribution >= 4 is 34.7 Å². The number of Topliss-reactive ketones (excluding diaryl/α,β-unsaturated/α-hetero) is 1. The minimum atomic E-state index is -0.801. The Balaban J connectivity index is 1.85. The summed E-state index contributed by atoms with van der Waals surface area (Å²) in [5, 5.41) is 11.8. The normalized spacial score (nSPS) is 17.6. The Morgan fingerprint density at radius 3 is 2.36 bits per heavy atom. The molecular formula is C27H24ClNO4. The molecule has 0 aromatic heterocycles. The van der Waals surface area contributed by atoms with Gasteiger partial charge in [0.2, 0.25) is 0 Å². The van der Waals surface area contributed by atoms with Gasteiger partial charge in [0.1, 0.15) is 11.5 Å². The first-order chi connectivity index (χ1) is 15.9. The summed E-state index contributed by atoms with van der Waals surface area (Å²) in [7, 11) is 0. The van der Waals surface area contributed by atoms with Crippen LogP contribution in [0.25, 0.3) is 5.76 Å². The van der Waals surface area contributed by atoms with E-state index in [2.05, 4.69) is 0 Å². The van der Waals surface area contributed by atoms with E-state index in [9.17, 15) is 14.7 Å². The van der Waals surface area contributed by atoms with Crippen LogP contribution in [0.2, 0.25) is 5.02 Å². The van der Waals surface area contributed by atoms with Crippen LogP contribution in [-0.4, -0.2) is 23.4 Å². The van der Waals surface area contributed by atoms with Gasteiger partial charge >= 0.3 is 0 Å². The van der Waals surface area contributed by atoms with Gasteiger partial charge in [-0.1, -0.05) is 67.9 Å². The highest BCUT2D eigenvalue weighted by Gasteiger charge is 2.46. The van der Waals surface area contributed by atoms with E-state index in [1.54, 1.807) is 72.8 Å². The first-order valence-corrected chi connectivity index (χ1v) is 11.1. The van der Waals surface area contributed by atoms with Crippen molar-refractivity contribution in [2.75, 3.05) is 11.5 Å². The van der Waals surface area contributed by atoms with Gasteiger partial charge in [-0.05, 0) is 47.9 Å². The maximum absolute atomic E-state index is 13.2. The smallest absolute Gasteiger partial charge is 0.300 e. The number of para-hydroxylation sites is 1. The third kappa shape index (κ3) is 4.64. The number of ketones is 1. The highest BCUT2D eigenvalue weighted by molar-refractivity contribution is 6.51. The van der Waals surface area contributed by atoms with Crippen LogP contribution in [0, 0.1) is 5.92 Å². The molecule has 5 nitrogen and oxygen atoms in total. The molecule has 1 N–H and O–H groups in total. The van der Waals surface area contributed by atoms with E-state index >= 15 is 0 Å². The van der Waals surface area contributed by atoms with Crippen molar-refractivity contribution in [1.29, 1.82) is 0 Å². The van der Waals surface area contributed by atoms with Crippen LogP contribution in [0.4, 0.5) is 5.69 Å². The molecule has 1 aliphatic heterocycles. The third-order valence-electron chi connectivity index (χ3n) is 5.36. The summed E-state index contributed by atoms with van der Waals surface area (Å²) in [6.07, 6.45) is 0. The van der Waals surface area contributed by atoms with Gasteiger partial charge in [-0.25, -0.2) is 0 Å². The number of ether oxygens (including phenoxy) is 1. The van der Waals surface area contributed by atoms with Crippen molar-refractivity contribution in [3.8, 4) is 5.75 Å². The zero-order valence-corrected chi connectivity index (χ0v) is 19.1. The quantitative estimate of drug-likeness (QED) is 0.277. The molecule has 33 heavy (non-hydrogen) atoms. The second-order valence-corrected chi connectivity index (χ2v) is 8.73. The topological polar surface area (TPSA) is 66.8 Å². The van der Waals surface area contributed by atoms with Crippen LogP contribution in [0.15, 0.2) is 84.4 Å². The minimum Gasteiger partial charge on any atom is -0.507 e. The van der Waals surface area contributed by atoms with Crippen molar-refractivity contribution < 1.29 is 19.4 Å². The van der Waals surface area contributed by atoms with E-state index < -0.39 is 17.7 Å². The second kappa shape index (κ2) is 9.51. The average molecular weight is 462 g/mol. The maximum atomic E-state index is 13.2. The van der Waals surface area contributed by atoms with Crippen molar-refractivity contribution in [3.63, 3.8) is 0 Å². The van der Waals surface area contributed by atoms with E-state index in [0.717, 1.165) is 0 Å². The standard InChI is InChI=1S/C27H24ClNO4/c1-17(2)16-33-22-10-6-7-19(15-22)25(30)23-24(18-11-13-20(28)14-12-18)29(27(32)26(23)31)21-8-4-3-5-9-21/h3-15,17,24,30H,16H2,1-2H3/b25-23-. The van der Waals surface area contributed by atoms with Crippen molar-refractivity contribution in [3.05, 3.63) is 101 Å². The van der Waals surface area contributed by atoms with Crippen LogP contribution in [0.1, 0.15) is 31.0 Å². The van der Waals surface area contributed by atoms with Gasteiger partial charge in [0, 0.05) is 16.3 Å². The summed E-state index contributed by atoms with van der Waals surface area (Å²) in [6.45, 7) is 4.61. The Labute approximate surface area is 197 Å². The largest absolute Gasteiger partial charge is 0.507 e. The van der Waals surface area contributed by atoms with E-state index in [-0.39, 0.29) is 11.3 Å². The molecule has 6 heteroatoms. The Morgan fingerprint density at radius 2 is 1.70 bits per heavy atom. The lowest BCUT2D eigenvalue weighted by atomic mass is 9.95. The van der Waals surface area contributed by atoms with Crippen LogP contribution in [-0.2, 0) is 9.59 Å². The summed E-state index contributed by atoms with van der Waals surface area (Å²) in [5.41, 5.74) is 1.65. The van der Waals surface area contributed by atoms with E-state index in [0.29, 0.717) is 40.1 Å². The maximum Gasteiger partial charge on any atom is 0.300 e. The highest BCUT2D eigenvalue weighted by atomic mass is 35.5. The fourth-order valence-corrected chi connectivity index (χ4v) is 3.93. The summed E-state index contributed by atoms with van der Waals surface area (Å²) >= 11 is 6.07. The number of rotatable bonds is 6. The molecule has 1 aliphatic rings. The molecule has 1 amide bonds. The molecule has 1 heterocycles. The lowest BCUT2D eigenvalue weighted by Gasteiger charge is -2.25. The van der Waals surface area contributed by atoms with Crippen LogP contribution in [0.5, 0.6) is 5.75 Å². The molecule has 3 aromatic carbocycles. The molecule has 0 aliphatic carbocycles. The molecule has 1 fully saturated rings. The molecule has 0 saturated carbocycles. The third-order valence-corrected chi connectivity index (χ3v) is 5.61. The average Bonchev–Trinajstić information content (AvgIpc) is 3.09. The SMILES string of the molecule is CC(C)COc1cccc(/C(O)=C2/C(=O)C(=O)N(c3ccccc3)C2c2ccc(Cl)cc2)c1. The number of anilines is 1. The fourth-order valence-electron chi connectivity index (χ4n) is 3.80. The summed E-state index contributed by atoms with van der Waals surface area (Å²) < 4.78 is 5.77. The second-order valence-electron chi connectivity index (χ2n) is 8.29. The number of carbonyl (C=O) groups is 2. The summed E-state index contributed by atoms with van der Waals surface area (Å²) in [5.74, 6) is -0.780. The molecule has 0 bridgehead atoms. The Morgan fingerprint density at radius 1 is 1.00 bits per heavy atom. The Hall–Kier alpha value is -3.57. The predicted octanol–water partition coefficient (Wildman–Crippen LogP) is 6.00. The predicted molar refractivity (Wildman–Crippen MR) is 129 cm³/mol. The molecule has 1 atom stereocenters. The van der Waals surface area contributed by atoms with Crippen molar-refractivity contribution in [2.45, 2.75) is 19.9 Å². The van der Waals surface area contributed by atoms with Gasteiger partial charge in [0.25, 0.3) is 11.7 Å². The molecular weight excluding hydrogens is 438 g/mol. The number of aliphatic hydroxyl groups is 1. The lowest BCUT2D eigenvalue weighted by molar-refractivity contribution is -0.132. The number of halogens is 1. The number of benzene rings is 3. The van der Waals surface area contributed by atoms with E-state index in [1.807, 2.05) is 19.9 Å². The van der Waals surface area contributed by atoms with E-state index in [1.165, 1.54) is 4.90 Å².